The summed E-state index contributed by atoms with van der Waals surface area (Å²) in [6.07, 6.45) is 1.60. The Morgan fingerprint density at radius 3 is 1.88 bits per heavy atom. The lowest BCUT2D eigenvalue weighted by atomic mass is 10.2. The molecule has 0 radical (unpaired) electrons. The van der Waals surface area contributed by atoms with Crippen LogP contribution in [-0.2, 0) is 19.1 Å². The Kier molecular flexibility index (Phi) is 8.74. The third kappa shape index (κ3) is 12.1. The van der Waals surface area contributed by atoms with E-state index in [0.29, 0.717) is 25.9 Å². The zero-order valence-corrected chi connectivity index (χ0v) is 11.8. The van der Waals surface area contributed by atoms with E-state index in [1.54, 1.807) is 6.92 Å². The van der Waals surface area contributed by atoms with Crippen molar-refractivity contribution < 1.29 is 19.1 Å². The fourth-order valence-corrected chi connectivity index (χ4v) is 1.17. The van der Waals surface area contributed by atoms with Gasteiger partial charge < -0.3 is 9.47 Å². The van der Waals surface area contributed by atoms with Crippen molar-refractivity contribution >= 4 is 46.7 Å². The van der Waals surface area contributed by atoms with Gasteiger partial charge in [-0.25, -0.2) is 0 Å². The first-order valence-corrected chi connectivity index (χ1v) is 6.36. The molecule has 0 aliphatic carbocycles. The van der Waals surface area contributed by atoms with Crippen LogP contribution in [0.2, 0.25) is 0 Å². The van der Waals surface area contributed by atoms with Crippen molar-refractivity contribution in [1.29, 1.82) is 0 Å². The Bertz CT molecular complexity index is 250. The molecule has 0 aromatic carbocycles. The minimum Gasteiger partial charge on any atom is -0.466 e. The summed E-state index contributed by atoms with van der Waals surface area (Å²) in [4.78, 5) is 22.1. The van der Waals surface area contributed by atoms with Crippen LogP contribution in [0.25, 0.3) is 0 Å². The third-order valence-corrected chi connectivity index (χ3v) is 2.04. The van der Waals surface area contributed by atoms with Crippen molar-refractivity contribution in [2.75, 3.05) is 13.2 Å². The minimum absolute atomic E-state index is 0.195. The Labute approximate surface area is 115 Å². The Balaban J connectivity index is 3.49. The van der Waals surface area contributed by atoms with Crippen LogP contribution in [0.5, 0.6) is 0 Å². The predicted octanol–water partition coefficient (Wildman–Crippen LogP) is 3.02. The standard InChI is InChI=1S/C10H15Cl3O4/c1-2-16-8(14)5-3-4-6-9(15)17-7-10(11,12)13/h2-7H2,1H3. The van der Waals surface area contributed by atoms with Gasteiger partial charge in [0.1, 0.15) is 6.61 Å². The average molecular weight is 306 g/mol. The molecule has 0 aromatic rings. The molecule has 0 N–H and O–H groups in total. The minimum atomic E-state index is -1.58. The maximum Gasteiger partial charge on any atom is 0.305 e. The summed E-state index contributed by atoms with van der Waals surface area (Å²) in [6, 6.07) is 0. The topological polar surface area (TPSA) is 52.6 Å². The van der Waals surface area contributed by atoms with Gasteiger partial charge in [0, 0.05) is 12.8 Å². The van der Waals surface area contributed by atoms with E-state index in [2.05, 4.69) is 0 Å². The summed E-state index contributed by atoms with van der Waals surface area (Å²) < 4.78 is 7.86. The van der Waals surface area contributed by atoms with Gasteiger partial charge in [0.25, 0.3) is 0 Å². The number of hydrogen-bond acceptors (Lipinski definition) is 4. The molecule has 4 nitrogen and oxygen atoms in total. The summed E-state index contributed by atoms with van der Waals surface area (Å²) in [6.45, 7) is 1.84. The normalized spacial score (nSPS) is 11.1. The maximum atomic E-state index is 11.1. The molecule has 0 saturated carbocycles. The Morgan fingerprint density at radius 1 is 1.00 bits per heavy atom. The second-order valence-electron chi connectivity index (χ2n) is 3.29. The van der Waals surface area contributed by atoms with Crippen LogP contribution in [0.3, 0.4) is 0 Å². The number of carbonyl (C=O) groups is 2. The van der Waals surface area contributed by atoms with Crippen molar-refractivity contribution in [1.82, 2.24) is 0 Å². The van der Waals surface area contributed by atoms with Gasteiger partial charge in [0.15, 0.2) is 0 Å². The molecule has 0 rings (SSSR count). The molecule has 0 atom stereocenters. The lowest BCUT2D eigenvalue weighted by Crippen LogP contribution is -2.17. The van der Waals surface area contributed by atoms with Gasteiger partial charge in [0.2, 0.25) is 3.79 Å². The summed E-state index contributed by atoms with van der Waals surface area (Å²) in [5, 5.41) is 0. The highest BCUT2D eigenvalue weighted by molar-refractivity contribution is 6.67. The molecule has 0 fully saturated rings. The molecule has 7 heteroatoms. The van der Waals surface area contributed by atoms with Gasteiger partial charge in [-0.1, -0.05) is 34.8 Å². The van der Waals surface area contributed by atoms with Gasteiger partial charge in [-0.2, -0.15) is 0 Å². The largest absolute Gasteiger partial charge is 0.466 e. The van der Waals surface area contributed by atoms with E-state index in [1.807, 2.05) is 0 Å². The first-order valence-electron chi connectivity index (χ1n) is 5.23. The van der Waals surface area contributed by atoms with Crippen molar-refractivity contribution in [3.8, 4) is 0 Å². The highest BCUT2D eigenvalue weighted by Crippen LogP contribution is 2.26. The summed E-state index contributed by atoms with van der Waals surface area (Å²) >= 11 is 16.2. The van der Waals surface area contributed by atoms with Crippen LogP contribution in [0.1, 0.15) is 32.6 Å². The van der Waals surface area contributed by atoms with Crippen LogP contribution in [0, 0.1) is 0 Å². The van der Waals surface area contributed by atoms with E-state index in [9.17, 15) is 9.59 Å². The quantitative estimate of drug-likeness (QED) is 0.412. The zero-order valence-electron chi connectivity index (χ0n) is 9.51. The molecule has 100 valence electrons. The molecular formula is C10H15Cl3O4. The SMILES string of the molecule is CCOC(=O)CCCCC(=O)OCC(Cl)(Cl)Cl. The number of alkyl halides is 3. The fourth-order valence-electron chi connectivity index (χ4n) is 1.01. The van der Waals surface area contributed by atoms with Gasteiger partial charge >= 0.3 is 11.9 Å². The van der Waals surface area contributed by atoms with E-state index in [-0.39, 0.29) is 19.0 Å². The van der Waals surface area contributed by atoms with Crippen LogP contribution in [0.4, 0.5) is 0 Å². The van der Waals surface area contributed by atoms with Crippen LogP contribution in [-0.4, -0.2) is 28.9 Å². The second kappa shape index (κ2) is 8.84. The molecule has 0 bridgehead atoms. The van der Waals surface area contributed by atoms with Gasteiger partial charge in [-0.3, -0.25) is 9.59 Å². The average Bonchev–Trinajstić information content (AvgIpc) is 2.21. The second-order valence-corrected chi connectivity index (χ2v) is 5.80. The van der Waals surface area contributed by atoms with Crippen LogP contribution < -0.4 is 0 Å². The number of ether oxygens (including phenoxy) is 2. The van der Waals surface area contributed by atoms with Crippen LogP contribution in [0.15, 0.2) is 0 Å². The number of halogens is 3. The van der Waals surface area contributed by atoms with Gasteiger partial charge in [-0.15, -0.1) is 0 Å². The van der Waals surface area contributed by atoms with E-state index in [4.69, 9.17) is 44.3 Å². The fraction of sp³-hybridized carbons (Fsp3) is 0.800. The molecule has 17 heavy (non-hydrogen) atoms. The number of unbranched alkanes of at least 4 members (excludes halogenated alkanes) is 1. The molecule has 0 aliphatic rings. The van der Waals surface area contributed by atoms with Gasteiger partial charge in [-0.05, 0) is 19.8 Å². The van der Waals surface area contributed by atoms with E-state index in [0.717, 1.165) is 0 Å². The summed E-state index contributed by atoms with van der Waals surface area (Å²) in [5.74, 6) is -0.706. The Hall–Kier alpha value is -0.190. The summed E-state index contributed by atoms with van der Waals surface area (Å²) in [7, 11) is 0. The van der Waals surface area contributed by atoms with E-state index >= 15 is 0 Å². The van der Waals surface area contributed by atoms with E-state index in [1.165, 1.54) is 0 Å². The van der Waals surface area contributed by atoms with Crippen molar-refractivity contribution in [3.63, 3.8) is 0 Å². The van der Waals surface area contributed by atoms with Crippen molar-refractivity contribution in [3.05, 3.63) is 0 Å². The molecule has 0 saturated heterocycles. The van der Waals surface area contributed by atoms with Crippen molar-refractivity contribution in [2.24, 2.45) is 0 Å². The lowest BCUT2D eigenvalue weighted by Gasteiger charge is -2.10. The van der Waals surface area contributed by atoms with Crippen molar-refractivity contribution in [2.45, 2.75) is 36.4 Å². The number of rotatable bonds is 7. The smallest absolute Gasteiger partial charge is 0.305 e. The summed E-state index contributed by atoms with van der Waals surface area (Å²) in [5.41, 5.74) is 0. The number of esters is 2. The lowest BCUT2D eigenvalue weighted by molar-refractivity contribution is -0.145. The molecular weight excluding hydrogens is 290 g/mol. The van der Waals surface area contributed by atoms with E-state index < -0.39 is 9.76 Å². The third-order valence-electron chi connectivity index (χ3n) is 1.71. The zero-order chi connectivity index (χ0) is 13.3. The van der Waals surface area contributed by atoms with Gasteiger partial charge in [0.05, 0.1) is 6.61 Å². The monoisotopic (exact) mass is 304 g/mol. The number of hydrogen-bond donors (Lipinski definition) is 0. The molecule has 0 amide bonds. The molecule has 0 heterocycles. The molecule has 0 unspecified atom stereocenters. The first kappa shape index (κ1) is 16.8. The Morgan fingerprint density at radius 2 is 1.47 bits per heavy atom. The molecule has 0 spiro atoms. The molecule has 0 aliphatic heterocycles. The highest BCUT2D eigenvalue weighted by atomic mass is 35.6. The first-order chi connectivity index (χ1) is 7.85. The highest BCUT2D eigenvalue weighted by Gasteiger charge is 2.21. The van der Waals surface area contributed by atoms with Crippen LogP contribution >= 0.6 is 34.8 Å². The maximum absolute atomic E-state index is 11.1. The predicted molar refractivity (Wildman–Crippen MR) is 66.4 cm³/mol. The molecule has 0 aromatic heterocycles. The number of carbonyl (C=O) groups excluding carboxylic acids is 2.